The molecule has 0 bridgehead atoms. The summed E-state index contributed by atoms with van der Waals surface area (Å²) in [5.74, 6) is 0.484. The van der Waals surface area contributed by atoms with Gasteiger partial charge in [0.15, 0.2) is 0 Å². The summed E-state index contributed by atoms with van der Waals surface area (Å²) in [5, 5.41) is 0. The summed E-state index contributed by atoms with van der Waals surface area (Å²) in [7, 11) is 0. The molecule has 0 aromatic carbocycles. The van der Waals surface area contributed by atoms with Crippen molar-refractivity contribution in [2.75, 3.05) is 12.3 Å². The third-order valence-electron chi connectivity index (χ3n) is 2.58. The number of nitrogens with zero attached hydrogens (tertiary/aromatic N) is 3. The summed E-state index contributed by atoms with van der Waals surface area (Å²) in [5.41, 5.74) is 6.15. The summed E-state index contributed by atoms with van der Waals surface area (Å²) < 4.78 is 7.29. The molecule has 6 nitrogen and oxygen atoms in total. The molecule has 0 spiro atoms. The van der Waals surface area contributed by atoms with Crippen LogP contribution in [0.2, 0.25) is 0 Å². The lowest BCUT2D eigenvalue weighted by atomic mass is 10.2. The highest BCUT2D eigenvalue weighted by Crippen LogP contribution is 2.19. The largest absolute Gasteiger partial charge is 0.444 e. The van der Waals surface area contributed by atoms with E-state index in [2.05, 4.69) is 4.98 Å². The summed E-state index contributed by atoms with van der Waals surface area (Å²) in [4.78, 5) is 17.6. The topological polar surface area (TPSA) is 73.4 Å². The van der Waals surface area contributed by atoms with Gasteiger partial charge in [0, 0.05) is 13.1 Å². The van der Waals surface area contributed by atoms with E-state index in [-0.39, 0.29) is 6.09 Å². The van der Waals surface area contributed by atoms with Crippen LogP contribution in [0.4, 0.5) is 10.6 Å². The fourth-order valence-corrected chi connectivity index (χ4v) is 1.76. The van der Waals surface area contributed by atoms with Crippen molar-refractivity contribution in [2.45, 2.75) is 39.5 Å². The maximum absolute atomic E-state index is 11.9. The molecule has 1 aromatic heterocycles. The molecule has 6 heteroatoms. The second kappa shape index (κ2) is 3.94. The Bertz CT molecular complexity index is 433. The van der Waals surface area contributed by atoms with E-state index in [1.54, 1.807) is 11.2 Å². The van der Waals surface area contributed by atoms with Crippen molar-refractivity contribution in [3.8, 4) is 0 Å². The number of imidazole rings is 1. The second-order valence-corrected chi connectivity index (χ2v) is 5.17. The molecule has 0 saturated heterocycles. The van der Waals surface area contributed by atoms with E-state index in [9.17, 15) is 4.79 Å². The minimum absolute atomic E-state index is 0.302. The number of carbonyl (C=O) groups is 1. The summed E-state index contributed by atoms with van der Waals surface area (Å²) in [6, 6.07) is 0. The Morgan fingerprint density at radius 2 is 2.18 bits per heavy atom. The van der Waals surface area contributed by atoms with Crippen molar-refractivity contribution in [2.24, 2.45) is 0 Å². The molecule has 1 aliphatic rings. The second-order valence-electron chi connectivity index (χ2n) is 5.17. The van der Waals surface area contributed by atoms with Crippen LogP contribution in [0, 0.1) is 0 Å². The quantitative estimate of drug-likeness (QED) is 0.737. The lowest BCUT2D eigenvalue weighted by Crippen LogP contribution is -2.41. The highest BCUT2D eigenvalue weighted by atomic mass is 16.6. The highest BCUT2D eigenvalue weighted by molar-refractivity contribution is 5.68. The molecule has 0 saturated carbocycles. The summed E-state index contributed by atoms with van der Waals surface area (Å²) in [6.45, 7) is 7.35. The van der Waals surface area contributed by atoms with Crippen LogP contribution < -0.4 is 5.73 Å². The molecule has 0 radical (unpaired) electrons. The van der Waals surface area contributed by atoms with Gasteiger partial charge in [-0.15, -0.1) is 0 Å². The minimum atomic E-state index is -0.472. The van der Waals surface area contributed by atoms with Crippen molar-refractivity contribution < 1.29 is 9.53 Å². The maximum Gasteiger partial charge on any atom is 0.410 e. The van der Waals surface area contributed by atoms with Crippen LogP contribution in [-0.4, -0.2) is 32.7 Å². The summed E-state index contributed by atoms with van der Waals surface area (Å²) in [6.07, 6.45) is 1.40. The molecule has 17 heavy (non-hydrogen) atoms. The van der Waals surface area contributed by atoms with Crippen molar-refractivity contribution in [1.82, 2.24) is 14.5 Å². The first-order valence-corrected chi connectivity index (χ1v) is 5.64. The number of rotatable bonds is 0. The van der Waals surface area contributed by atoms with E-state index < -0.39 is 5.60 Å². The number of hydrogen-bond donors (Lipinski definition) is 1. The Balaban J connectivity index is 2.07. The van der Waals surface area contributed by atoms with Gasteiger partial charge in [0.25, 0.3) is 0 Å². The standard InChI is InChI=1S/C11H18N4O2/c1-11(2,3)17-10(16)14-4-5-15-7-13-9(12)8(15)6-14/h7H,4-6,12H2,1-3H3. The van der Waals surface area contributed by atoms with Gasteiger partial charge >= 0.3 is 6.09 Å². The lowest BCUT2D eigenvalue weighted by molar-refractivity contribution is 0.0200. The smallest absolute Gasteiger partial charge is 0.410 e. The van der Waals surface area contributed by atoms with Crippen LogP contribution in [-0.2, 0) is 17.8 Å². The zero-order chi connectivity index (χ0) is 12.6. The third kappa shape index (κ3) is 2.51. The van der Waals surface area contributed by atoms with E-state index in [1.165, 1.54) is 0 Å². The Morgan fingerprint density at radius 3 is 2.82 bits per heavy atom. The van der Waals surface area contributed by atoms with Gasteiger partial charge in [-0.3, -0.25) is 0 Å². The van der Waals surface area contributed by atoms with Gasteiger partial charge in [0.05, 0.1) is 18.6 Å². The van der Waals surface area contributed by atoms with Gasteiger partial charge in [-0.05, 0) is 20.8 Å². The van der Waals surface area contributed by atoms with E-state index in [0.29, 0.717) is 25.5 Å². The zero-order valence-corrected chi connectivity index (χ0v) is 10.4. The molecule has 0 unspecified atom stereocenters. The first-order chi connectivity index (χ1) is 7.87. The number of nitrogens with two attached hydrogens (primary N) is 1. The van der Waals surface area contributed by atoms with Gasteiger partial charge in [-0.2, -0.15) is 0 Å². The maximum atomic E-state index is 11.9. The van der Waals surface area contributed by atoms with Crippen molar-refractivity contribution >= 4 is 11.9 Å². The van der Waals surface area contributed by atoms with Gasteiger partial charge in [-0.1, -0.05) is 0 Å². The fourth-order valence-electron chi connectivity index (χ4n) is 1.76. The Labute approximate surface area is 100 Å². The summed E-state index contributed by atoms with van der Waals surface area (Å²) >= 11 is 0. The van der Waals surface area contributed by atoms with Crippen LogP contribution in [0.5, 0.6) is 0 Å². The van der Waals surface area contributed by atoms with Crippen molar-refractivity contribution in [3.63, 3.8) is 0 Å². The van der Waals surface area contributed by atoms with Crippen LogP contribution >= 0.6 is 0 Å². The molecule has 94 valence electrons. The number of carbonyl (C=O) groups excluding carboxylic acids is 1. The number of nitrogen functional groups attached to an aromatic ring is 1. The number of anilines is 1. The van der Waals surface area contributed by atoms with Crippen molar-refractivity contribution in [1.29, 1.82) is 0 Å². The normalized spacial score (nSPS) is 15.6. The van der Waals surface area contributed by atoms with E-state index in [4.69, 9.17) is 10.5 Å². The van der Waals surface area contributed by atoms with Crippen LogP contribution in [0.15, 0.2) is 6.33 Å². The average Bonchev–Trinajstić information content (AvgIpc) is 2.57. The SMILES string of the molecule is CC(C)(C)OC(=O)N1CCn2cnc(N)c2C1. The minimum Gasteiger partial charge on any atom is -0.444 e. The molecule has 1 amide bonds. The van der Waals surface area contributed by atoms with Crippen LogP contribution in [0.1, 0.15) is 26.5 Å². The van der Waals surface area contributed by atoms with Crippen LogP contribution in [0.25, 0.3) is 0 Å². The molecule has 0 aliphatic carbocycles. The number of fused-ring (bicyclic) bond motifs is 1. The van der Waals surface area contributed by atoms with Gasteiger partial charge in [0.1, 0.15) is 11.4 Å². The number of aromatic nitrogens is 2. The molecule has 1 aromatic rings. The fraction of sp³-hybridized carbons (Fsp3) is 0.636. The zero-order valence-electron chi connectivity index (χ0n) is 10.4. The number of amides is 1. The Hall–Kier alpha value is -1.72. The van der Waals surface area contributed by atoms with E-state index in [0.717, 1.165) is 5.69 Å². The predicted molar refractivity (Wildman–Crippen MR) is 63.3 cm³/mol. The van der Waals surface area contributed by atoms with Gasteiger partial charge < -0.3 is 19.9 Å². The number of hydrogen-bond acceptors (Lipinski definition) is 4. The van der Waals surface area contributed by atoms with Gasteiger partial charge in [-0.25, -0.2) is 9.78 Å². The third-order valence-corrected chi connectivity index (χ3v) is 2.58. The first-order valence-electron chi connectivity index (χ1n) is 5.64. The molecular weight excluding hydrogens is 220 g/mol. The molecular formula is C11H18N4O2. The molecule has 0 atom stereocenters. The average molecular weight is 238 g/mol. The molecule has 1 aliphatic heterocycles. The predicted octanol–water partition coefficient (Wildman–Crippen LogP) is 1.22. The first kappa shape index (κ1) is 11.8. The monoisotopic (exact) mass is 238 g/mol. The molecule has 2 heterocycles. The van der Waals surface area contributed by atoms with Crippen molar-refractivity contribution in [3.05, 3.63) is 12.0 Å². The van der Waals surface area contributed by atoms with E-state index in [1.807, 2.05) is 25.3 Å². The van der Waals surface area contributed by atoms with Gasteiger partial charge in [0.2, 0.25) is 0 Å². The molecule has 2 N–H and O–H groups in total. The number of ether oxygens (including phenoxy) is 1. The van der Waals surface area contributed by atoms with E-state index >= 15 is 0 Å². The Morgan fingerprint density at radius 1 is 1.47 bits per heavy atom. The van der Waals surface area contributed by atoms with Crippen LogP contribution in [0.3, 0.4) is 0 Å². The Kier molecular flexibility index (Phi) is 2.73. The lowest BCUT2D eigenvalue weighted by Gasteiger charge is -2.30. The highest BCUT2D eigenvalue weighted by Gasteiger charge is 2.26. The molecule has 2 rings (SSSR count). The molecule has 0 fully saturated rings.